The Morgan fingerprint density at radius 3 is 2.17 bits per heavy atom. The van der Waals surface area contributed by atoms with E-state index in [9.17, 15) is 0 Å². The van der Waals surface area contributed by atoms with E-state index in [2.05, 4.69) is 93.4 Å². The molecule has 3 aromatic carbocycles. The second kappa shape index (κ2) is 6.81. The highest BCUT2D eigenvalue weighted by Gasteiger charge is 2.12. The third-order valence-electron chi connectivity index (χ3n) is 4.08. The standard InChI is InChI=1S/C20H15BrN.BrH/c21-20-11-5-6-12-22(20)14-16-13-15-7-1-2-8-17(15)19-10-4-3-9-18(16)19;/h1-13H,14H2;1H/q+1;/p-1. The van der Waals surface area contributed by atoms with E-state index in [1.165, 1.54) is 27.1 Å². The molecule has 0 radical (unpaired) electrons. The third kappa shape index (κ3) is 3.04. The van der Waals surface area contributed by atoms with Crippen LogP contribution in [0.4, 0.5) is 0 Å². The molecule has 4 aromatic rings. The predicted molar refractivity (Wildman–Crippen MR) is 94.9 cm³/mol. The maximum Gasteiger partial charge on any atom is 0.248 e. The molecule has 1 nitrogen and oxygen atoms in total. The van der Waals surface area contributed by atoms with Gasteiger partial charge in [0.2, 0.25) is 4.60 Å². The van der Waals surface area contributed by atoms with Crippen LogP contribution in [0.1, 0.15) is 5.56 Å². The van der Waals surface area contributed by atoms with Crippen LogP contribution in [0.3, 0.4) is 0 Å². The molecule has 1 heterocycles. The van der Waals surface area contributed by atoms with Crippen molar-refractivity contribution in [3.63, 3.8) is 0 Å². The molecule has 3 heteroatoms. The molecule has 114 valence electrons. The Morgan fingerprint density at radius 2 is 1.39 bits per heavy atom. The van der Waals surface area contributed by atoms with Crippen LogP contribution in [0.5, 0.6) is 0 Å². The molecule has 4 rings (SSSR count). The highest BCUT2D eigenvalue weighted by molar-refractivity contribution is 9.10. The second-order valence-corrected chi connectivity index (χ2v) is 6.27. The van der Waals surface area contributed by atoms with Gasteiger partial charge in [-0.15, -0.1) is 0 Å². The van der Waals surface area contributed by atoms with Crippen molar-refractivity contribution in [1.82, 2.24) is 0 Å². The van der Waals surface area contributed by atoms with Crippen LogP contribution in [0, 0.1) is 0 Å². The van der Waals surface area contributed by atoms with Gasteiger partial charge in [-0.1, -0.05) is 48.5 Å². The van der Waals surface area contributed by atoms with Crippen LogP contribution in [-0.2, 0) is 6.54 Å². The van der Waals surface area contributed by atoms with E-state index in [4.69, 9.17) is 0 Å². The van der Waals surface area contributed by atoms with Crippen LogP contribution < -0.4 is 21.5 Å². The summed E-state index contributed by atoms with van der Waals surface area (Å²) < 4.78 is 3.31. The summed E-state index contributed by atoms with van der Waals surface area (Å²) in [6.07, 6.45) is 2.11. The Morgan fingerprint density at radius 1 is 0.739 bits per heavy atom. The number of hydrogen-bond acceptors (Lipinski definition) is 0. The first-order valence-electron chi connectivity index (χ1n) is 7.36. The van der Waals surface area contributed by atoms with Crippen molar-refractivity contribution in [1.29, 1.82) is 0 Å². The molecule has 0 aliphatic rings. The van der Waals surface area contributed by atoms with E-state index in [1.807, 2.05) is 6.07 Å². The molecule has 0 aliphatic carbocycles. The molecule has 0 saturated heterocycles. The first-order valence-corrected chi connectivity index (χ1v) is 8.15. The van der Waals surface area contributed by atoms with Gasteiger partial charge >= 0.3 is 0 Å². The minimum atomic E-state index is 0. The molecule has 23 heavy (non-hydrogen) atoms. The van der Waals surface area contributed by atoms with Gasteiger partial charge < -0.3 is 17.0 Å². The third-order valence-corrected chi connectivity index (χ3v) is 4.80. The summed E-state index contributed by atoms with van der Waals surface area (Å²) >= 11 is 3.63. The maximum atomic E-state index is 3.63. The van der Waals surface area contributed by atoms with E-state index in [0.717, 1.165) is 11.1 Å². The van der Waals surface area contributed by atoms with Crippen LogP contribution >= 0.6 is 15.9 Å². The molecule has 0 bridgehead atoms. The maximum absolute atomic E-state index is 3.63. The lowest BCUT2D eigenvalue weighted by molar-refractivity contribution is -0.698. The molecular formula is C20H15Br2N. The van der Waals surface area contributed by atoms with E-state index in [0.29, 0.717) is 0 Å². The largest absolute Gasteiger partial charge is 1.00 e. The van der Waals surface area contributed by atoms with Crippen molar-refractivity contribution in [2.24, 2.45) is 0 Å². The zero-order chi connectivity index (χ0) is 14.9. The van der Waals surface area contributed by atoms with E-state index < -0.39 is 0 Å². The summed E-state index contributed by atoms with van der Waals surface area (Å²) in [4.78, 5) is 0. The van der Waals surface area contributed by atoms with Crippen LogP contribution in [-0.4, -0.2) is 0 Å². The van der Waals surface area contributed by atoms with Gasteiger partial charge in [-0.3, -0.25) is 0 Å². The number of halogens is 2. The molecule has 0 unspecified atom stereocenters. The van der Waals surface area contributed by atoms with Gasteiger partial charge in [0.25, 0.3) is 0 Å². The fourth-order valence-electron chi connectivity index (χ4n) is 3.03. The molecule has 0 saturated carbocycles. The molecule has 0 N–H and O–H groups in total. The van der Waals surface area contributed by atoms with Crippen LogP contribution in [0.15, 0.2) is 83.6 Å². The van der Waals surface area contributed by atoms with Gasteiger partial charge in [0.05, 0.1) is 0 Å². The first kappa shape index (κ1) is 16.2. The smallest absolute Gasteiger partial charge is 0.248 e. The molecule has 0 atom stereocenters. The second-order valence-electron chi connectivity index (χ2n) is 5.45. The van der Waals surface area contributed by atoms with Crippen molar-refractivity contribution in [2.75, 3.05) is 0 Å². The lowest BCUT2D eigenvalue weighted by atomic mass is 9.97. The fourth-order valence-corrected chi connectivity index (χ4v) is 3.43. The minimum Gasteiger partial charge on any atom is -1.00 e. The zero-order valence-corrected chi connectivity index (χ0v) is 15.6. The van der Waals surface area contributed by atoms with E-state index >= 15 is 0 Å². The summed E-state index contributed by atoms with van der Waals surface area (Å²) in [7, 11) is 0. The van der Waals surface area contributed by atoms with Gasteiger partial charge in [0, 0.05) is 33.6 Å². The summed E-state index contributed by atoms with van der Waals surface area (Å²) in [6.45, 7) is 0.854. The normalized spacial score (nSPS) is 10.7. The van der Waals surface area contributed by atoms with Gasteiger partial charge in [0.1, 0.15) is 0 Å². The van der Waals surface area contributed by atoms with E-state index in [-0.39, 0.29) is 17.0 Å². The molecule has 0 amide bonds. The number of aromatic nitrogens is 1. The first-order chi connectivity index (χ1) is 10.8. The van der Waals surface area contributed by atoms with Crippen molar-refractivity contribution in [3.05, 3.63) is 89.2 Å². The SMILES string of the molecule is Brc1cccc[n+]1Cc1cc2ccccc2c2ccccc12.[Br-]. The molecule has 1 aromatic heterocycles. The average Bonchev–Trinajstić information content (AvgIpc) is 2.57. The minimum absolute atomic E-state index is 0. The van der Waals surface area contributed by atoms with Gasteiger partial charge in [-0.25, -0.2) is 0 Å². The van der Waals surface area contributed by atoms with Crippen molar-refractivity contribution < 1.29 is 21.5 Å². The number of rotatable bonds is 2. The van der Waals surface area contributed by atoms with E-state index in [1.54, 1.807) is 0 Å². The Hall–Kier alpha value is -1.71. The Bertz CT molecular complexity index is 979. The van der Waals surface area contributed by atoms with Crippen molar-refractivity contribution in [2.45, 2.75) is 6.54 Å². The summed E-state index contributed by atoms with van der Waals surface area (Å²) in [6, 6.07) is 25.8. The average molecular weight is 429 g/mol. The lowest BCUT2D eigenvalue weighted by Gasteiger charge is -2.09. The highest BCUT2D eigenvalue weighted by atomic mass is 79.9. The summed E-state index contributed by atoms with van der Waals surface area (Å²) in [5.74, 6) is 0. The lowest BCUT2D eigenvalue weighted by Crippen LogP contribution is -3.00. The quantitative estimate of drug-likeness (QED) is 0.261. The summed E-state index contributed by atoms with van der Waals surface area (Å²) in [5, 5.41) is 5.26. The van der Waals surface area contributed by atoms with Gasteiger partial charge in [-0.2, -0.15) is 4.57 Å². The molecule has 0 fully saturated rings. The molecule has 0 aliphatic heterocycles. The fraction of sp³-hybridized carbons (Fsp3) is 0.0500. The highest BCUT2D eigenvalue weighted by Crippen LogP contribution is 2.28. The monoisotopic (exact) mass is 427 g/mol. The van der Waals surface area contributed by atoms with Crippen LogP contribution in [0.25, 0.3) is 21.5 Å². The topological polar surface area (TPSA) is 3.88 Å². The zero-order valence-electron chi connectivity index (χ0n) is 12.4. The number of nitrogens with zero attached hydrogens (tertiary/aromatic N) is 1. The number of fused-ring (bicyclic) bond motifs is 3. The number of hydrogen-bond donors (Lipinski definition) is 0. The Balaban J connectivity index is 0.00000156. The Kier molecular flexibility index (Phi) is 4.79. The van der Waals surface area contributed by atoms with Gasteiger partial charge in [-0.05, 0) is 33.7 Å². The van der Waals surface area contributed by atoms with Crippen molar-refractivity contribution >= 4 is 37.5 Å². The van der Waals surface area contributed by atoms with Crippen LogP contribution in [0.2, 0.25) is 0 Å². The number of pyridine rings is 1. The molecule has 0 spiro atoms. The predicted octanol–water partition coefficient (Wildman–Crippen LogP) is 2.10. The van der Waals surface area contributed by atoms with Crippen molar-refractivity contribution in [3.8, 4) is 0 Å². The summed E-state index contributed by atoms with van der Waals surface area (Å²) in [5.41, 5.74) is 1.34. The Labute approximate surface area is 154 Å². The number of benzene rings is 3. The molecular weight excluding hydrogens is 414 g/mol. The van der Waals surface area contributed by atoms with Gasteiger partial charge in [0.15, 0.2) is 12.7 Å².